The Hall–Kier alpha value is -2.20. The number of benzene rings is 2. The number of nitrogens with two attached hydrogens (primary N) is 1. The smallest absolute Gasteiger partial charge is 0.210 e. The molecule has 4 aromatic rings. The molecule has 0 aliphatic carbocycles. The van der Waals surface area contributed by atoms with Crippen LogP contribution in [0.15, 0.2) is 63.7 Å². The van der Waals surface area contributed by atoms with Crippen molar-refractivity contribution < 1.29 is 4.74 Å². The molecule has 4 rings (SSSR count). The average Bonchev–Trinajstić information content (AvgIpc) is 3.17. The lowest BCUT2D eigenvalue weighted by molar-refractivity contribution is 0.416. The molecule has 0 radical (unpaired) electrons. The lowest BCUT2D eigenvalue weighted by Crippen LogP contribution is -1.95. The monoisotopic (exact) mass is 567 g/mol. The number of aromatic nitrogens is 3. The van der Waals surface area contributed by atoms with E-state index in [1.807, 2.05) is 48.5 Å². The zero-order valence-corrected chi connectivity index (χ0v) is 20.4. The Bertz CT molecular complexity index is 1170. The van der Waals surface area contributed by atoms with Crippen LogP contribution in [0.4, 0.5) is 16.6 Å². The summed E-state index contributed by atoms with van der Waals surface area (Å²) in [6, 6.07) is 15.5. The summed E-state index contributed by atoms with van der Waals surface area (Å²) in [6.45, 7) is 0. The quantitative estimate of drug-likeness (QED) is 0.284. The highest BCUT2D eigenvalue weighted by Crippen LogP contribution is 2.43. The summed E-state index contributed by atoms with van der Waals surface area (Å²) < 4.78 is 7.54. The number of nitrogens with one attached hydrogen (secondary N) is 1. The highest BCUT2D eigenvalue weighted by Gasteiger charge is 2.18. The minimum Gasteiger partial charge on any atom is -0.496 e. The number of hydrogen-bond acceptors (Lipinski definition) is 7. The number of methoxy groups -OCH3 is 1. The number of nitrogens with zero attached hydrogens (tertiary/aromatic N) is 3. The van der Waals surface area contributed by atoms with Crippen LogP contribution in [-0.4, -0.2) is 22.3 Å². The fraction of sp³-hybridized carbons (Fsp3) is 0.0500. The van der Waals surface area contributed by atoms with E-state index in [1.54, 1.807) is 13.3 Å². The molecule has 6 nitrogen and oxygen atoms in total. The third kappa shape index (κ3) is 4.92. The van der Waals surface area contributed by atoms with Crippen molar-refractivity contribution in [2.45, 2.75) is 0 Å². The summed E-state index contributed by atoms with van der Waals surface area (Å²) in [4.78, 5) is 4.09. The fourth-order valence-electron chi connectivity index (χ4n) is 2.85. The number of ether oxygens (including phenoxy) is 1. The SMILES string of the molecule is COc1cc(Br)cc(-c2nnc(Nc3ccc(Br)cc3)s2)c1-c1ccnc(N)c1.Cl. The van der Waals surface area contributed by atoms with Gasteiger partial charge in [0.2, 0.25) is 5.13 Å². The van der Waals surface area contributed by atoms with E-state index < -0.39 is 0 Å². The molecule has 0 saturated heterocycles. The van der Waals surface area contributed by atoms with Crippen molar-refractivity contribution in [2.75, 3.05) is 18.2 Å². The maximum atomic E-state index is 5.91. The van der Waals surface area contributed by atoms with E-state index in [0.717, 1.165) is 36.3 Å². The van der Waals surface area contributed by atoms with Crippen molar-refractivity contribution in [1.82, 2.24) is 15.2 Å². The van der Waals surface area contributed by atoms with E-state index in [9.17, 15) is 0 Å². The van der Waals surface area contributed by atoms with Gasteiger partial charge >= 0.3 is 0 Å². The summed E-state index contributed by atoms with van der Waals surface area (Å²) in [5.41, 5.74) is 9.52. The third-order valence-electron chi connectivity index (χ3n) is 4.11. The van der Waals surface area contributed by atoms with Gasteiger partial charge in [-0.3, -0.25) is 0 Å². The van der Waals surface area contributed by atoms with E-state index in [4.69, 9.17) is 10.5 Å². The van der Waals surface area contributed by atoms with Crippen LogP contribution >= 0.6 is 55.6 Å². The minimum atomic E-state index is 0. The van der Waals surface area contributed by atoms with Crippen molar-refractivity contribution in [1.29, 1.82) is 0 Å². The van der Waals surface area contributed by atoms with Crippen LogP contribution in [-0.2, 0) is 0 Å². The molecule has 2 aromatic heterocycles. The molecule has 30 heavy (non-hydrogen) atoms. The molecule has 0 bridgehead atoms. The van der Waals surface area contributed by atoms with E-state index in [1.165, 1.54) is 11.3 Å². The molecule has 0 fully saturated rings. The van der Waals surface area contributed by atoms with E-state index in [2.05, 4.69) is 52.4 Å². The normalized spacial score (nSPS) is 10.4. The first-order chi connectivity index (χ1) is 14.0. The zero-order valence-electron chi connectivity index (χ0n) is 15.6. The molecule has 0 aliphatic rings. The van der Waals surface area contributed by atoms with Crippen molar-refractivity contribution >= 4 is 72.2 Å². The van der Waals surface area contributed by atoms with Gasteiger partial charge in [-0.1, -0.05) is 43.2 Å². The van der Waals surface area contributed by atoms with E-state index in [-0.39, 0.29) is 12.4 Å². The van der Waals surface area contributed by atoms with Gasteiger partial charge in [-0.2, -0.15) is 0 Å². The predicted octanol–water partition coefficient (Wildman–Crippen LogP) is 6.55. The summed E-state index contributed by atoms with van der Waals surface area (Å²) in [5, 5.41) is 13.4. The van der Waals surface area contributed by atoms with Crippen molar-refractivity contribution in [3.05, 3.63) is 63.7 Å². The predicted molar refractivity (Wildman–Crippen MR) is 132 cm³/mol. The molecule has 0 amide bonds. The highest BCUT2D eigenvalue weighted by atomic mass is 79.9. The first kappa shape index (κ1) is 22.5. The minimum absolute atomic E-state index is 0. The van der Waals surface area contributed by atoms with E-state index in [0.29, 0.717) is 16.7 Å². The third-order valence-corrected chi connectivity index (χ3v) is 5.97. The van der Waals surface area contributed by atoms with Crippen LogP contribution in [0.3, 0.4) is 0 Å². The summed E-state index contributed by atoms with van der Waals surface area (Å²) in [6.07, 6.45) is 1.68. The lowest BCUT2D eigenvalue weighted by Gasteiger charge is -2.14. The Balaban J connectivity index is 0.00000256. The van der Waals surface area contributed by atoms with Gasteiger partial charge in [0, 0.05) is 32.0 Å². The van der Waals surface area contributed by atoms with Crippen LogP contribution in [0, 0.1) is 0 Å². The summed E-state index contributed by atoms with van der Waals surface area (Å²) in [7, 11) is 1.64. The molecule has 0 unspecified atom stereocenters. The maximum Gasteiger partial charge on any atom is 0.210 e. The molecule has 2 heterocycles. The zero-order chi connectivity index (χ0) is 20.4. The molecule has 0 aliphatic heterocycles. The van der Waals surface area contributed by atoms with Crippen LogP contribution in [0.5, 0.6) is 5.75 Å². The van der Waals surface area contributed by atoms with Gasteiger partial charge in [0.1, 0.15) is 16.6 Å². The lowest BCUT2D eigenvalue weighted by atomic mass is 9.99. The first-order valence-electron chi connectivity index (χ1n) is 8.49. The fourth-order valence-corrected chi connectivity index (χ4v) is 4.34. The molecule has 2 aromatic carbocycles. The number of hydrogen-bond donors (Lipinski definition) is 2. The molecule has 0 atom stereocenters. The van der Waals surface area contributed by atoms with Crippen LogP contribution in [0.1, 0.15) is 0 Å². The molecular weight excluding hydrogens is 554 g/mol. The Morgan fingerprint density at radius 3 is 2.47 bits per heavy atom. The van der Waals surface area contributed by atoms with Gasteiger partial charge < -0.3 is 15.8 Å². The Kier molecular flexibility index (Phi) is 7.30. The second-order valence-corrected chi connectivity index (χ2v) is 8.85. The summed E-state index contributed by atoms with van der Waals surface area (Å²) >= 11 is 8.45. The second-order valence-electron chi connectivity index (χ2n) is 6.04. The molecule has 3 N–H and O–H groups in total. The molecular formula is C20H16Br2ClN5OS. The second kappa shape index (κ2) is 9.74. The standard InChI is InChI=1S/C20H15Br2N5OS.ClH/c1-28-16-10-13(22)9-15(18(16)11-6-7-24-17(23)8-11)19-26-27-20(29-19)25-14-4-2-12(21)3-5-14;/h2-10H,1H3,(H2,23,24)(H,25,27);1H. The average molecular weight is 570 g/mol. The number of halogens is 3. The molecule has 154 valence electrons. The summed E-state index contributed by atoms with van der Waals surface area (Å²) in [5.74, 6) is 1.14. The van der Waals surface area contributed by atoms with Crippen molar-refractivity contribution in [3.8, 4) is 27.4 Å². The van der Waals surface area contributed by atoms with Crippen LogP contribution < -0.4 is 15.8 Å². The Morgan fingerprint density at radius 1 is 1.00 bits per heavy atom. The topological polar surface area (TPSA) is 86.0 Å². The Labute approximate surface area is 200 Å². The van der Waals surface area contributed by atoms with Crippen molar-refractivity contribution in [3.63, 3.8) is 0 Å². The van der Waals surface area contributed by atoms with Gasteiger partial charge in [0.05, 0.1) is 7.11 Å². The maximum absolute atomic E-state index is 5.91. The van der Waals surface area contributed by atoms with E-state index >= 15 is 0 Å². The van der Waals surface area contributed by atoms with Crippen molar-refractivity contribution in [2.24, 2.45) is 0 Å². The van der Waals surface area contributed by atoms with Gasteiger partial charge in [-0.25, -0.2) is 4.98 Å². The highest BCUT2D eigenvalue weighted by molar-refractivity contribution is 9.10. The van der Waals surface area contributed by atoms with Crippen LogP contribution in [0.25, 0.3) is 21.7 Å². The van der Waals surface area contributed by atoms with Gasteiger partial charge in [0.15, 0.2) is 0 Å². The molecule has 0 spiro atoms. The Morgan fingerprint density at radius 2 is 1.77 bits per heavy atom. The van der Waals surface area contributed by atoms with Gasteiger partial charge in [0.25, 0.3) is 0 Å². The number of anilines is 3. The van der Waals surface area contributed by atoms with Crippen LogP contribution in [0.2, 0.25) is 0 Å². The number of nitrogen functional groups attached to an aromatic ring is 1. The molecule has 10 heteroatoms. The van der Waals surface area contributed by atoms with Gasteiger partial charge in [-0.15, -0.1) is 22.6 Å². The number of pyridine rings is 1. The molecule has 0 saturated carbocycles. The first-order valence-corrected chi connectivity index (χ1v) is 10.9. The largest absolute Gasteiger partial charge is 0.496 e. The number of rotatable bonds is 5. The van der Waals surface area contributed by atoms with Gasteiger partial charge in [-0.05, 0) is 54.1 Å².